The molecule has 2 rings (SSSR count). The van der Waals surface area contributed by atoms with Crippen molar-refractivity contribution in [2.24, 2.45) is 11.8 Å². The van der Waals surface area contributed by atoms with Crippen LogP contribution in [0, 0.1) is 11.8 Å². The van der Waals surface area contributed by atoms with Crippen LogP contribution >= 0.6 is 0 Å². The summed E-state index contributed by atoms with van der Waals surface area (Å²) in [5.41, 5.74) is 1.83. The van der Waals surface area contributed by atoms with Gasteiger partial charge in [-0.15, -0.1) is 0 Å². The minimum atomic E-state index is 0.0368. The molecule has 25 heavy (non-hydrogen) atoms. The highest BCUT2D eigenvalue weighted by Gasteiger charge is 2.21. The minimum Gasteiger partial charge on any atom is -0.352 e. The van der Waals surface area contributed by atoms with Crippen molar-refractivity contribution in [1.29, 1.82) is 0 Å². The van der Waals surface area contributed by atoms with E-state index in [1.54, 1.807) is 0 Å². The van der Waals surface area contributed by atoms with Gasteiger partial charge in [-0.3, -0.25) is 9.59 Å². The molecule has 2 unspecified atom stereocenters. The average molecular weight is 345 g/mol. The molecule has 5 nitrogen and oxygen atoms in total. The van der Waals surface area contributed by atoms with E-state index in [2.05, 4.69) is 22.9 Å². The van der Waals surface area contributed by atoms with E-state index in [0.717, 1.165) is 30.8 Å². The number of carbonyl (C=O) groups is 2. The number of hydrogen-bond acceptors (Lipinski definition) is 3. The summed E-state index contributed by atoms with van der Waals surface area (Å²) in [6.45, 7) is 6.81. The van der Waals surface area contributed by atoms with E-state index in [4.69, 9.17) is 0 Å². The van der Waals surface area contributed by atoms with Crippen LogP contribution < -0.4 is 16.0 Å². The fourth-order valence-corrected chi connectivity index (χ4v) is 3.25. The molecule has 0 aliphatic carbocycles. The molecule has 2 atom stereocenters. The molecule has 1 aromatic carbocycles. The number of carbonyl (C=O) groups excluding carboxylic acids is 2. The SMILES string of the molecule is CCCC(=O)Nc1ccc(CNC(=O)CC(C)C2CCCNC2)cc1. The number of hydrogen-bond donors (Lipinski definition) is 3. The Bertz CT molecular complexity index is 551. The van der Waals surface area contributed by atoms with Crippen molar-refractivity contribution in [2.45, 2.75) is 52.5 Å². The van der Waals surface area contributed by atoms with Crippen molar-refractivity contribution in [2.75, 3.05) is 18.4 Å². The monoisotopic (exact) mass is 345 g/mol. The summed E-state index contributed by atoms with van der Waals surface area (Å²) in [5, 5.41) is 9.28. The van der Waals surface area contributed by atoms with Crippen LogP contribution in [0.2, 0.25) is 0 Å². The van der Waals surface area contributed by atoms with Crippen LogP contribution in [0.25, 0.3) is 0 Å². The van der Waals surface area contributed by atoms with E-state index in [9.17, 15) is 9.59 Å². The summed E-state index contributed by atoms with van der Waals surface area (Å²) in [6, 6.07) is 7.64. The first kappa shape index (κ1) is 19.4. The van der Waals surface area contributed by atoms with Crippen molar-refractivity contribution in [3.63, 3.8) is 0 Å². The van der Waals surface area contributed by atoms with E-state index >= 15 is 0 Å². The minimum absolute atomic E-state index is 0.0368. The lowest BCUT2D eigenvalue weighted by atomic mass is 9.85. The van der Waals surface area contributed by atoms with Gasteiger partial charge in [0.05, 0.1) is 0 Å². The van der Waals surface area contributed by atoms with E-state index < -0.39 is 0 Å². The lowest BCUT2D eigenvalue weighted by molar-refractivity contribution is -0.122. The molecule has 1 saturated heterocycles. The predicted octanol–water partition coefficient (Wildman–Crippen LogP) is 3.07. The van der Waals surface area contributed by atoms with Gasteiger partial charge in [0.1, 0.15) is 0 Å². The summed E-state index contributed by atoms with van der Waals surface area (Å²) >= 11 is 0. The molecule has 0 aromatic heterocycles. The molecule has 138 valence electrons. The third-order valence-corrected chi connectivity index (χ3v) is 4.85. The Morgan fingerprint density at radius 1 is 1.24 bits per heavy atom. The molecule has 0 spiro atoms. The van der Waals surface area contributed by atoms with Gasteiger partial charge >= 0.3 is 0 Å². The average Bonchev–Trinajstić information content (AvgIpc) is 2.62. The van der Waals surface area contributed by atoms with Gasteiger partial charge in [0, 0.05) is 25.1 Å². The third kappa shape index (κ3) is 6.86. The maximum Gasteiger partial charge on any atom is 0.224 e. The second-order valence-corrected chi connectivity index (χ2v) is 7.06. The predicted molar refractivity (Wildman–Crippen MR) is 101 cm³/mol. The van der Waals surface area contributed by atoms with E-state index in [1.165, 1.54) is 12.8 Å². The maximum atomic E-state index is 12.2. The van der Waals surface area contributed by atoms with E-state index in [0.29, 0.717) is 31.2 Å². The number of nitrogens with one attached hydrogen (secondary N) is 3. The highest BCUT2D eigenvalue weighted by atomic mass is 16.2. The standard InChI is InChI=1S/C20H31N3O2/c1-3-5-19(24)23-18-9-7-16(8-10-18)13-22-20(25)12-15(2)17-6-4-11-21-14-17/h7-10,15,17,21H,3-6,11-14H2,1-2H3,(H,22,25)(H,23,24). The second kappa shape index (κ2) is 10.2. The quantitative estimate of drug-likeness (QED) is 0.678. The normalized spacial score (nSPS) is 18.4. The Labute approximate surface area is 151 Å². The summed E-state index contributed by atoms with van der Waals surface area (Å²) < 4.78 is 0. The zero-order chi connectivity index (χ0) is 18.1. The summed E-state index contributed by atoms with van der Waals surface area (Å²) in [5.74, 6) is 1.16. The van der Waals surface area contributed by atoms with Crippen molar-refractivity contribution < 1.29 is 9.59 Å². The van der Waals surface area contributed by atoms with Gasteiger partial charge in [-0.1, -0.05) is 26.0 Å². The molecular weight excluding hydrogens is 314 g/mol. The molecule has 1 aliphatic heterocycles. The molecule has 0 saturated carbocycles. The Balaban J connectivity index is 1.72. The first-order valence-electron chi connectivity index (χ1n) is 9.44. The smallest absolute Gasteiger partial charge is 0.224 e. The molecule has 1 aliphatic rings. The molecular formula is C20H31N3O2. The fraction of sp³-hybridized carbons (Fsp3) is 0.600. The Hall–Kier alpha value is -1.88. The molecule has 5 heteroatoms. The Kier molecular flexibility index (Phi) is 7.92. The van der Waals surface area contributed by atoms with Crippen molar-refractivity contribution in [1.82, 2.24) is 10.6 Å². The topological polar surface area (TPSA) is 70.2 Å². The number of piperidine rings is 1. The van der Waals surface area contributed by atoms with Gasteiger partial charge in [0.2, 0.25) is 11.8 Å². The second-order valence-electron chi connectivity index (χ2n) is 7.06. The molecule has 1 aromatic rings. The Morgan fingerprint density at radius 3 is 2.64 bits per heavy atom. The number of anilines is 1. The van der Waals surface area contributed by atoms with Crippen LogP contribution in [0.5, 0.6) is 0 Å². The maximum absolute atomic E-state index is 12.2. The molecule has 0 radical (unpaired) electrons. The largest absolute Gasteiger partial charge is 0.352 e. The van der Waals surface area contributed by atoms with Crippen LogP contribution in [0.15, 0.2) is 24.3 Å². The van der Waals surface area contributed by atoms with Gasteiger partial charge in [0.25, 0.3) is 0 Å². The van der Waals surface area contributed by atoms with E-state index in [-0.39, 0.29) is 11.8 Å². The van der Waals surface area contributed by atoms with Crippen LogP contribution in [-0.2, 0) is 16.1 Å². The molecule has 3 N–H and O–H groups in total. The summed E-state index contributed by atoms with van der Waals surface area (Å²) in [4.78, 5) is 23.7. The van der Waals surface area contributed by atoms with Gasteiger partial charge in [-0.25, -0.2) is 0 Å². The number of amides is 2. The molecule has 1 heterocycles. The van der Waals surface area contributed by atoms with Gasteiger partial charge in [-0.05, 0) is 61.9 Å². The van der Waals surface area contributed by atoms with Crippen LogP contribution in [0.4, 0.5) is 5.69 Å². The summed E-state index contributed by atoms with van der Waals surface area (Å²) in [7, 11) is 0. The first-order valence-corrected chi connectivity index (χ1v) is 9.44. The summed E-state index contributed by atoms with van der Waals surface area (Å²) in [6.07, 6.45) is 4.37. The Morgan fingerprint density at radius 2 is 2.00 bits per heavy atom. The molecule has 2 amide bonds. The van der Waals surface area contributed by atoms with Crippen molar-refractivity contribution in [3.8, 4) is 0 Å². The zero-order valence-electron chi connectivity index (χ0n) is 15.4. The van der Waals surface area contributed by atoms with Gasteiger partial charge < -0.3 is 16.0 Å². The lowest BCUT2D eigenvalue weighted by Gasteiger charge is -2.28. The van der Waals surface area contributed by atoms with Crippen LogP contribution in [-0.4, -0.2) is 24.9 Å². The fourth-order valence-electron chi connectivity index (χ4n) is 3.25. The first-order chi connectivity index (χ1) is 12.1. The highest BCUT2D eigenvalue weighted by Crippen LogP contribution is 2.22. The van der Waals surface area contributed by atoms with E-state index in [1.807, 2.05) is 31.2 Å². The van der Waals surface area contributed by atoms with Crippen LogP contribution in [0.1, 0.15) is 51.5 Å². The number of rotatable bonds is 8. The molecule has 0 bridgehead atoms. The van der Waals surface area contributed by atoms with Gasteiger partial charge in [-0.2, -0.15) is 0 Å². The van der Waals surface area contributed by atoms with Crippen molar-refractivity contribution in [3.05, 3.63) is 29.8 Å². The molecule has 1 fully saturated rings. The zero-order valence-corrected chi connectivity index (χ0v) is 15.4. The van der Waals surface area contributed by atoms with Crippen molar-refractivity contribution >= 4 is 17.5 Å². The third-order valence-electron chi connectivity index (χ3n) is 4.85. The highest BCUT2D eigenvalue weighted by molar-refractivity contribution is 5.90. The van der Waals surface area contributed by atoms with Crippen LogP contribution in [0.3, 0.4) is 0 Å². The number of benzene rings is 1. The van der Waals surface area contributed by atoms with Gasteiger partial charge in [0.15, 0.2) is 0 Å². The lowest BCUT2D eigenvalue weighted by Crippen LogP contribution is -2.35.